The standard InChI is InChI=1S/2C2H4OS.Au/c2*1-2(3)4;/h2*1H3,(H,3,4);/q;;+1/p-2. The zero-order valence-corrected chi connectivity index (χ0v) is 8.73. The first kappa shape index (κ1) is 16.3. The van der Waals surface area contributed by atoms with Crippen molar-refractivity contribution < 1.29 is 32.0 Å². The number of hydrogen-bond acceptors (Lipinski definition) is 4. The van der Waals surface area contributed by atoms with E-state index in [0.717, 1.165) is 0 Å². The molecule has 0 aliphatic carbocycles. The number of rotatable bonds is 0. The van der Waals surface area contributed by atoms with Crippen molar-refractivity contribution in [2.45, 2.75) is 13.8 Å². The van der Waals surface area contributed by atoms with Gasteiger partial charge in [0.05, 0.1) is 0 Å². The number of carbonyl (C=O) groups excluding carboxylic acids is 2. The zero-order valence-electron chi connectivity index (χ0n) is 4.93. The van der Waals surface area contributed by atoms with Gasteiger partial charge in [-0.3, -0.25) is 0 Å². The van der Waals surface area contributed by atoms with E-state index in [4.69, 9.17) is 0 Å². The first-order valence-corrected chi connectivity index (χ1v) is 2.63. The number of hydrogen-bond donors (Lipinski definition) is 0. The summed E-state index contributed by atoms with van der Waals surface area (Å²) in [6, 6.07) is 0. The molecule has 0 heterocycles. The summed E-state index contributed by atoms with van der Waals surface area (Å²) in [5, 5.41) is -0.500. The monoisotopic (exact) mass is 347 g/mol. The Morgan fingerprint density at radius 1 is 1.00 bits per heavy atom. The molecular weight excluding hydrogens is 341 g/mol. The van der Waals surface area contributed by atoms with Gasteiger partial charge in [-0.25, -0.2) is 0 Å². The Labute approximate surface area is 81.1 Å². The molecule has 0 unspecified atom stereocenters. The molecule has 0 rings (SSSR count). The van der Waals surface area contributed by atoms with Crippen molar-refractivity contribution in [1.82, 2.24) is 0 Å². The van der Waals surface area contributed by atoms with E-state index in [2.05, 4.69) is 25.3 Å². The van der Waals surface area contributed by atoms with Crippen LogP contribution in [-0.4, -0.2) is 10.2 Å². The van der Waals surface area contributed by atoms with E-state index in [-0.39, 0.29) is 32.6 Å². The fraction of sp³-hybridized carbons (Fsp3) is 0.500. The van der Waals surface area contributed by atoms with Crippen LogP contribution in [0.1, 0.15) is 13.8 Å². The maximum Gasteiger partial charge on any atom is 1.00 e. The SMILES string of the molecule is CC(=O)[S-].CC(=O)[S-].[Au+]. The Morgan fingerprint density at radius 3 is 1.00 bits per heavy atom. The van der Waals surface area contributed by atoms with Crippen molar-refractivity contribution in [3.63, 3.8) is 0 Å². The topological polar surface area (TPSA) is 34.1 Å². The molecule has 0 amide bonds. The first-order valence-electron chi connectivity index (χ1n) is 1.82. The van der Waals surface area contributed by atoms with Crippen molar-refractivity contribution in [2.75, 3.05) is 0 Å². The Bertz CT molecular complexity index is 74.6. The molecule has 0 spiro atoms. The van der Waals surface area contributed by atoms with Crippen molar-refractivity contribution in [2.24, 2.45) is 0 Å². The second-order valence-electron chi connectivity index (χ2n) is 0.983. The van der Waals surface area contributed by atoms with Gasteiger partial charge in [-0.1, -0.05) is 0 Å². The molecular formula is C4H6AuO2S2-. The molecule has 0 atom stereocenters. The molecule has 0 aromatic rings. The summed E-state index contributed by atoms with van der Waals surface area (Å²) in [6.07, 6.45) is 0. The molecule has 0 saturated carbocycles. The van der Waals surface area contributed by atoms with Gasteiger partial charge in [0.2, 0.25) is 0 Å². The molecule has 9 heavy (non-hydrogen) atoms. The van der Waals surface area contributed by atoms with Crippen LogP contribution >= 0.6 is 0 Å². The maximum atomic E-state index is 9.26. The van der Waals surface area contributed by atoms with Gasteiger partial charge in [-0.15, -0.1) is 0 Å². The maximum absolute atomic E-state index is 9.26. The average molecular weight is 347 g/mol. The van der Waals surface area contributed by atoms with Gasteiger partial charge in [-0.2, -0.15) is 0 Å². The largest absolute Gasteiger partial charge is 1.00 e. The average Bonchev–Trinajstić information content (AvgIpc) is 1.25. The van der Waals surface area contributed by atoms with Crippen molar-refractivity contribution in [1.29, 1.82) is 0 Å². The minimum absolute atomic E-state index is 0. The van der Waals surface area contributed by atoms with Crippen molar-refractivity contribution >= 4 is 35.5 Å². The Kier molecular flexibility index (Phi) is 20.5. The molecule has 0 N–H and O–H groups in total. The predicted octanol–water partition coefficient (Wildman–Crippen LogP) is 0.157. The van der Waals surface area contributed by atoms with Gasteiger partial charge in [0, 0.05) is 10.2 Å². The van der Waals surface area contributed by atoms with Crippen LogP contribution in [0.15, 0.2) is 0 Å². The summed E-state index contributed by atoms with van der Waals surface area (Å²) in [4.78, 5) is 18.5. The molecule has 58 valence electrons. The molecule has 0 aliphatic rings. The second-order valence-corrected chi connectivity index (χ2v) is 2.13. The molecule has 0 fully saturated rings. The van der Waals surface area contributed by atoms with Gasteiger partial charge >= 0.3 is 22.4 Å². The normalized spacial score (nSPS) is 5.56. The molecule has 0 aliphatic heterocycles. The third-order valence-corrected chi connectivity index (χ3v) is 0. The summed E-state index contributed by atoms with van der Waals surface area (Å²) in [5.74, 6) is 0. The van der Waals surface area contributed by atoms with Gasteiger partial charge in [0.25, 0.3) is 0 Å². The van der Waals surface area contributed by atoms with Crippen LogP contribution in [0.3, 0.4) is 0 Å². The van der Waals surface area contributed by atoms with Gasteiger partial charge in [0.15, 0.2) is 0 Å². The quantitative estimate of drug-likeness (QED) is 0.462. The summed E-state index contributed by atoms with van der Waals surface area (Å²) in [6.45, 7) is 2.69. The molecule has 0 aromatic carbocycles. The van der Waals surface area contributed by atoms with Gasteiger partial charge < -0.3 is 34.8 Å². The van der Waals surface area contributed by atoms with Crippen molar-refractivity contribution in [3.8, 4) is 0 Å². The van der Waals surface area contributed by atoms with E-state index in [9.17, 15) is 9.59 Å². The fourth-order valence-electron chi connectivity index (χ4n) is 0. The van der Waals surface area contributed by atoms with E-state index >= 15 is 0 Å². The molecule has 2 nitrogen and oxygen atoms in total. The van der Waals surface area contributed by atoms with Crippen LogP contribution in [0.2, 0.25) is 0 Å². The minimum Gasteiger partial charge on any atom is -0.742 e. The van der Waals surface area contributed by atoms with Gasteiger partial charge in [0.1, 0.15) is 0 Å². The van der Waals surface area contributed by atoms with E-state index < -0.39 is 0 Å². The van der Waals surface area contributed by atoms with Crippen molar-refractivity contribution in [3.05, 3.63) is 0 Å². The van der Waals surface area contributed by atoms with E-state index in [1.54, 1.807) is 0 Å². The molecule has 0 radical (unpaired) electrons. The van der Waals surface area contributed by atoms with Crippen LogP contribution in [0, 0.1) is 0 Å². The zero-order chi connectivity index (χ0) is 7.15. The Morgan fingerprint density at radius 2 is 1.00 bits per heavy atom. The molecule has 0 bridgehead atoms. The summed E-state index contributed by atoms with van der Waals surface area (Å²) in [7, 11) is 0. The molecule has 0 saturated heterocycles. The van der Waals surface area contributed by atoms with Crippen LogP contribution in [0.5, 0.6) is 0 Å². The van der Waals surface area contributed by atoms with Crippen LogP contribution < -0.4 is 0 Å². The van der Waals surface area contributed by atoms with E-state index in [0.29, 0.717) is 0 Å². The van der Waals surface area contributed by atoms with Gasteiger partial charge in [-0.05, 0) is 13.8 Å². The minimum atomic E-state index is -0.250. The Balaban J connectivity index is -0.0000000720. The number of carbonyl (C=O) groups is 2. The summed E-state index contributed by atoms with van der Waals surface area (Å²) in [5.41, 5.74) is 0. The first-order chi connectivity index (χ1) is 3.46. The predicted molar refractivity (Wildman–Crippen MR) is 36.1 cm³/mol. The second kappa shape index (κ2) is 11.3. The molecule has 0 aromatic heterocycles. The fourth-order valence-corrected chi connectivity index (χ4v) is 0. The third-order valence-electron chi connectivity index (χ3n) is 0. The molecule has 5 heteroatoms. The smallest absolute Gasteiger partial charge is 0.742 e. The van der Waals surface area contributed by atoms with Crippen LogP contribution in [-0.2, 0) is 57.2 Å². The summed E-state index contributed by atoms with van der Waals surface area (Å²) >= 11 is 7.96. The van der Waals surface area contributed by atoms with E-state index in [1.165, 1.54) is 13.8 Å². The van der Waals surface area contributed by atoms with Crippen LogP contribution in [0.4, 0.5) is 0 Å². The van der Waals surface area contributed by atoms with Crippen LogP contribution in [0.25, 0.3) is 0 Å². The van der Waals surface area contributed by atoms with E-state index in [1.807, 2.05) is 0 Å². The Hall–Kier alpha value is 0.520. The summed E-state index contributed by atoms with van der Waals surface area (Å²) < 4.78 is 0. The third kappa shape index (κ3) is 1340.